The van der Waals surface area contributed by atoms with Crippen LogP contribution >= 0.6 is 11.8 Å². The van der Waals surface area contributed by atoms with E-state index in [0.717, 1.165) is 29.3 Å². The van der Waals surface area contributed by atoms with E-state index in [9.17, 15) is 0 Å². The van der Waals surface area contributed by atoms with Gasteiger partial charge >= 0.3 is 0 Å². The van der Waals surface area contributed by atoms with Gasteiger partial charge in [-0.3, -0.25) is 0 Å². The summed E-state index contributed by atoms with van der Waals surface area (Å²) in [7, 11) is 0. The molecular weight excluding hydrogens is 244 g/mol. The average molecular weight is 266 g/mol. The number of thioether (sulfide) groups is 1. The Balaban J connectivity index is 2.00. The van der Waals surface area contributed by atoms with Crippen molar-refractivity contribution < 1.29 is 0 Å². The molecule has 1 saturated carbocycles. The highest BCUT2D eigenvalue weighted by Crippen LogP contribution is 2.30. The van der Waals surface area contributed by atoms with Crippen molar-refractivity contribution in [1.82, 2.24) is 9.97 Å². The molecule has 18 heavy (non-hydrogen) atoms. The standard InChI is InChI=1S/C13H22N4S/c1-4-14-12-8-13(16-9(2)15-12)17-10-5-6-11(7-10)18-3/h8,10-11H,4-7H2,1-3H3,(H2,14,15,16,17). The maximum atomic E-state index is 4.46. The molecule has 1 aliphatic rings. The van der Waals surface area contributed by atoms with Crippen molar-refractivity contribution in [2.45, 2.75) is 44.4 Å². The monoisotopic (exact) mass is 266 g/mol. The Morgan fingerprint density at radius 3 is 2.78 bits per heavy atom. The maximum Gasteiger partial charge on any atom is 0.132 e. The Morgan fingerprint density at radius 2 is 2.11 bits per heavy atom. The Kier molecular flexibility index (Phi) is 4.69. The van der Waals surface area contributed by atoms with Crippen LogP contribution in [0.3, 0.4) is 0 Å². The van der Waals surface area contributed by atoms with E-state index in [4.69, 9.17) is 0 Å². The third-order valence-corrected chi connectivity index (χ3v) is 4.36. The minimum absolute atomic E-state index is 0.561. The summed E-state index contributed by atoms with van der Waals surface area (Å²) in [6, 6.07) is 2.56. The first kappa shape index (κ1) is 13.5. The van der Waals surface area contributed by atoms with Crippen molar-refractivity contribution in [2.75, 3.05) is 23.4 Å². The first-order valence-corrected chi connectivity index (χ1v) is 7.89. The molecule has 2 atom stereocenters. The minimum atomic E-state index is 0.561. The van der Waals surface area contributed by atoms with E-state index >= 15 is 0 Å². The molecule has 0 saturated heterocycles. The lowest BCUT2D eigenvalue weighted by molar-refractivity contribution is 0.750. The number of nitrogens with zero attached hydrogens (tertiary/aromatic N) is 2. The van der Waals surface area contributed by atoms with Gasteiger partial charge in [0.2, 0.25) is 0 Å². The van der Waals surface area contributed by atoms with Crippen LogP contribution < -0.4 is 10.6 Å². The maximum absolute atomic E-state index is 4.46. The van der Waals surface area contributed by atoms with Gasteiger partial charge in [-0.1, -0.05) is 0 Å². The van der Waals surface area contributed by atoms with Gasteiger partial charge in [-0.2, -0.15) is 11.8 Å². The Hall–Kier alpha value is -0.970. The van der Waals surface area contributed by atoms with E-state index in [2.05, 4.69) is 33.8 Å². The van der Waals surface area contributed by atoms with Crippen LogP contribution in [-0.4, -0.2) is 34.1 Å². The number of anilines is 2. The molecule has 100 valence electrons. The highest BCUT2D eigenvalue weighted by atomic mass is 32.2. The van der Waals surface area contributed by atoms with Crippen LogP contribution in [0.4, 0.5) is 11.6 Å². The minimum Gasteiger partial charge on any atom is -0.370 e. The van der Waals surface area contributed by atoms with Gasteiger partial charge in [-0.15, -0.1) is 0 Å². The van der Waals surface area contributed by atoms with Crippen molar-refractivity contribution in [2.24, 2.45) is 0 Å². The molecule has 0 amide bonds. The van der Waals surface area contributed by atoms with E-state index in [0.29, 0.717) is 6.04 Å². The van der Waals surface area contributed by atoms with E-state index < -0.39 is 0 Å². The summed E-state index contributed by atoms with van der Waals surface area (Å²) < 4.78 is 0. The fraction of sp³-hybridized carbons (Fsp3) is 0.692. The van der Waals surface area contributed by atoms with Crippen molar-refractivity contribution in [3.63, 3.8) is 0 Å². The molecule has 1 aliphatic carbocycles. The molecule has 1 aromatic heterocycles. The normalized spacial score (nSPS) is 23.1. The van der Waals surface area contributed by atoms with E-state index in [1.807, 2.05) is 24.8 Å². The van der Waals surface area contributed by atoms with Crippen molar-refractivity contribution in [3.8, 4) is 0 Å². The summed E-state index contributed by atoms with van der Waals surface area (Å²) in [6.45, 7) is 4.89. The van der Waals surface area contributed by atoms with E-state index in [1.54, 1.807) is 0 Å². The first-order valence-electron chi connectivity index (χ1n) is 6.60. The molecule has 1 heterocycles. The number of hydrogen-bond acceptors (Lipinski definition) is 5. The molecule has 0 radical (unpaired) electrons. The predicted molar refractivity (Wildman–Crippen MR) is 79.5 cm³/mol. The second-order valence-electron chi connectivity index (χ2n) is 4.73. The summed E-state index contributed by atoms with van der Waals surface area (Å²) in [6.07, 6.45) is 5.99. The Morgan fingerprint density at radius 1 is 1.33 bits per heavy atom. The van der Waals surface area contributed by atoms with Gasteiger partial charge in [-0.05, 0) is 39.4 Å². The fourth-order valence-electron chi connectivity index (χ4n) is 2.41. The van der Waals surface area contributed by atoms with Gasteiger partial charge in [-0.25, -0.2) is 9.97 Å². The summed E-state index contributed by atoms with van der Waals surface area (Å²) >= 11 is 1.98. The van der Waals surface area contributed by atoms with Crippen LogP contribution in [0.5, 0.6) is 0 Å². The Labute approximate surface area is 113 Å². The third-order valence-electron chi connectivity index (χ3n) is 3.27. The quantitative estimate of drug-likeness (QED) is 0.858. The van der Waals surface area contributed by atoms with Crippen molar-refractivity contribution in [3.05, 3.63) is 11.9 Å². The molecule has 4 nitrogen and oxygen atoms in total. The summed E-state index contributed by atoms with van der Waals surface area (Å²) in [5.74, 6) is 2.67. The highest BCUT2D eigenvalue weighted by Gasteiger charge is 2.24. The topological polar surface area (TPSA) is 49.8 Å². The van der Waals surface area contributed by atoms with Crippen LogP contribution in [-0.2, 0) is 0 Å². The molecule has 0 bridgehead atoms. The highest BCUT2D eigenvalue weighted by molar-refractivity contribution is 7.99. The molecular formula is C13H22N4S. The molecule has 1 aromatic rings. The second-order valence-corrected chi connectivity index (χ2v) is 5.87. The average Bonchev–Trinajstić information content (AvgIpc) is 2.76. The molecule has 0 spiro atoms. The van der Waals surface area contributed by atoms with Gasteiger partial charge in [0.25, 0.3) is 0 Å². The van der Waals surface area contributed by atoms with E-state index in [-0.39, 0.29) is 0 Å². The molecule has 2 rings (SSSR count). The smallest absolute Gasteiger partial charge is 0.132 e. The molecule has 0 aromatic carbocycles. The van der Waals surface area contributed by atoms with Crippen molar-refractivity contribution in [1.29, 1.82) is 0 Å². The largest absolute Gasteiger partial charge is 0.370 e. The number of nitrogens with one attached hydrogen (secondary N) is 2. The zero-order valence-corrected chi connectivity index (χ0v) is 12.2. The number of aromatic nitrogens is 2. The molecule has 1 fully saturated rings. The van der Waals surface area contributed by atoms with Gasteiger partial charge in [0.1, 0.15) is 17.5 Å². The second kappa shape index (κ2) is 6.27. The zero-order chi connectivity index (χ0) is 13.0. The van der Waals surface area contributed by atoms with Gasteiger partial charge in [0.15, 0.2) is 0 Å². The first-order chi connectivity index (χ1) is 8.71. The van der Waals surface area contributed by atoms with Crippen LogP contribution in [0.25, 0.3) is 0 Å². The Bertz CT molecular complexity index is 397. The van der Waals surface area contributed by atoms with Crippen LogP contribution in [0.2, 0.25) is 0 Å². The lowest BCUT2D eigenvalue weighted by Gasteiger charge is -2.14. The van der Waals surface area contributed by atoms with Gasteiger partial charge in [0, 0.05) is 23.9 Å². The molecule has 0 aliphatic heterocycles. The lowest BCUT2D eigenvalue weighted by atomic mass is 10.2. The molecule has 2 unspecified atom stereocenters. The number of hydrogen-bond donors (Lipinski definition) is 2. The van der Waals surface area contributed by atoms with Gasteiger partial charge < -0.3 is 10.6 Å². The van der Waals surface area contributed by atoms with E-state index in [1.165, 1.54) is 19.3 Å². The molecule has 5 heteroatoms. The van der Waals surface area contributed by atoms with Crippen molar-refractivity contribution >= 4 is 23.4 Å². The van der Waals surface area contributed by atoms with Gasteiger partial charge in [0.05, 0.1) is 0 Å². The van der Waals surface area contributed by atoms with Crippen LogP contribution in [0, 0.1) is 6.92 Å². The predicted octanol–water partition coefficient (Wildman–Crippen LogP) is 2.91. The fourth-order valence-corrected chi connectivity index (χ4v) is 3.20. The SMILES string of the molecule is CCNc1cc(NC2CCC(SC)C2)nc(C)n1. The van der Waals surface area contributed by atoms with Crippen LogP contribution in [0.1, 0.15) is 32.0 Å². The zero-order valence-electron chi connectivity index (χ0n) is 11.4. The summed E-state index contributed by atoms with van der Waals surface area (Å²) in [5, 5.41) is 7.58. The molecule has 2 N–H and O–H groups in total. The summed E-state index contributed by atoms with van der Waals surface area (Å²) in [5.41, 5.74) is 0. The third kappa shape index (κ3) is 3.51. The number of aryl methyl sites for hydroxylation is 1. The van der Waals surface area contributed by atoms with Crippen LogP contribution in [0.15, 0.2) is 6.07 Å². The summed E-state index contributed by atoms with van der Waals surface area (Å²) in [4.78, 5) is 8.82. The lowest BCUT2D eigenvalue weighted by Crippen LogP contribution is -2.17. The number of rotatable bonds is 5.